The standard InChI is InChI=1S/C15H26/c1-13(2,3)12-6-9-14-7-4-5-8-15(14,10-12)11-14/h12H,4-11H2,1-3H3. The predicted molar refractivity (Wildman–Crippen MR) is 64.7 cm³/mol. The van der Waals surface area contributed by atoms with E-state index < -0.39 is 0 Å². The van der Waals surface area contributed by atoms with Crippen LogP contribution >= 0.6 is 0 Å². The Labute approximate surface area is 94.8 Å². The van der Waals surface area contributed by atoms with Gasteiger partial charge in [0, 0.05) is 0 Å². The van der Waals surface area contributed by atoms with Gasteiger partial charge < -0.3 is 0 Å². The van der Waals surface area contributed by atoms with Gasteiger partial charge in [-0.2, -0.15) is 0 Å². The molecule has 3 aliphatic carbocycles. The van der Waals surface area contributed by atoms with E-state index in [0.717, 1.165) is 16.7 Å². The lowest BCUT2D eigenvalue weighted by molar-refractivity contribution is 0.0717. The van der Waals surface area contributed by atoms with Crippen molar-refractivity contribution in [3.05, 3.63) is 0 Å². The first-order chi connectivity index (χ1) is 6.98. The van der Waals surface area contributed by atoms with Gasteiger partial charge in [-0.3, -0.25) is 0 Å². The molecule has 0 saturated heterocycles. The zero-order valence-electron chi connectivity index (χ0n) is 10.7. The van der Waals surface area contributed by atoms with Gasteiger partial charge in [0.25, 0.3) is 0 Å². The molecule has 15 heavy (non-hydrogen) atoms. The maximum atomic E-state index is 2.45. The lowest BCUT2D eigenvalue weighted by atomic mass is 9.62. The highest BCUT2D eigenvalue weighted by atomic mass is 14.7. The summed E-state index contributed by atoms with van der Waals surface area (Å²) in [5.41, 5.74) is 2.27. The van der Waals surface area contributed by atoms with Gasteiger partial charge in [-0.1, -0.05) is 33.6 Å². The minimum atomic E-state index is 0.556. The molecule has 0 radical (unpaired) electrons. The molecule has 3 saturated carbocycles. The van der Waals surface area contributed by atoms with Crippen LogP contribution in [0.2, 0.25) is 0 Å². The molecule has 0 bridgehead atoms. The van der Waals surface area contributed by atoms with E-state index in [9.17, 15) is 0 Å². The highest BCUT2D eigenvalue weighted by Crippen LogP contribution is 2.78. The molecule has 0 N–H and O–H groups in total. The molecular formula is C15H26. The molecule has 0 heterocycles. The zero-order valence-corrected chi connectivity index (χ0v) is 10.7. The van der Waals surface area contributed by atoms with E-state index >= 15 is 0 Å². The molecule has 3 aliphatic rings. The quantitative estimate of drug-likeness (QED) is 0.535. The molecule has 0 heteroatoms. The molecule has 0 spiro atoms. The van der Waals surface area contributed by atoms with Crippen molar-refractivity contribution < 1.29 is 0 Å². The Balaban J connectivity index is 1.79. The molecule has 0 amide bonds. The third-order valence-corrected chi connectivity index (χ3v) is 6.07. The van der Waals surface area contributed by atoms with E-state index in [2.05, 4.69) is 20.8 Å². The summed E-state index contributed by atoms with van der Waals surface area (Å²) in [5.74, 6) is 1.01. The molecule has 0 aromatic heterocycles. The largest absolute Gasteiger partial charge is 0.0599 e. The van der Waals surface area contributed by atoms with Crippen LogP contribution in [0.1, 0.15) is 72.1 Å². The summed E-state index contributed by atoms with van der Waals surface area (Å²) in [6.45, 7) is 7.35. The molecule has 0 aliphatic heterocycles. The Kier molecular flexibility index (Phi) is 1.91. The Morgan fingerprint density at radius 1 is 0.933 bits per heavy atom. The van der Waals surface area contributed by atoms with E-state index in [-0.39, 0.29) is 0 Å². The lowest BCUT2D eigenvalue weighted by Gasteiger charge is -2.43. The Bertz CT molecular complexity index is 272. The van der Waals surface area contributed by atoms with Gasteiger partial charge in [0.15, 0.2) is 0 Å². The predicted octanol–water partition coefficient (Wildman–Crippen LogP) is 4.78. The van der Waals surface area contributed by atoms with Crippen molar-refractivity contribution in [3.63, 3.8) is 0 Å². The van der Waals surface area contributed by atoms with E-state index in [0.29, 0.717) is 5.41 Å². The van der Waals surface area contributed by atoms with Crippen molar-refractivity contribution in [1.29, 1.82) is 0 Å². The van der Waals surface area contributed by atoms with Crippen LogP contribution in [-0.2, 0) is 0 Å². The Hall–Kier alpha value is 0. The fourth-order valence-electron chi connectivity index (χ4n) is 4.87. The fourth-order valence-corrected chi connectivity index (χ4v) is 4.87. The zero-order chi connectivity index (χ0) is 10.7. The second-order valence-electron chi connectivity index (χ2n) is 7.75. The first kappa shape index (κ1) is 10.2. The summed E-state index contributed by atoms with van der Waals surface area (Å²) >= 11 is 0. The van der Waals surface area contributed by atoms with E-state index in [1.54, 1.807) is 32.1 Å². The SMILES string of the molecule is CC(C)(C)C1CCC23CCCCC2(C1)C3. The molecular weight excluding hydrogens is 180 g/mol. The van der Waals surface area contributed by atoms with Crippen LogP contribution in [0.5, 0.6) is 0 Å². The maximum Gasteiger partial charge on any atom is -0.0232 e. The number of hydrogen-bond acceptors (Lipinski definition) is 0. The maximum absolute atomic E-state index is 2.45. The van der Waals surface area contributed by atoms with E-state index in [1.165, 1.54) is 19.3 Å². The fraction of sp³-hybridized carbons (Fsp3) is 1.00. The van der Waals surface area contributed by atoms with Crippen molar-refractivity contribution >= 4 is 0 Å². The second-order valence-corrected chi connectivity index (χ2v) is 7.75. The van der Waals surface area contributed by atoms with Crippen LogP contribution in [0, 0.1) is 22.2 Å². The van der Waals surface area contributed by atoms with Crippen LogP contribution in [0.25, 0.3) is 0 Å². The molecule has 0 aromatic carbocycles. The molecule has 3 atom stereocenters. The average Bonchev–Trinajstić information content (AvgIpc) is 2.83. The molecule has 0 nitrogen and oxygen atoms in total. The van der Waals surface area contributed by atoms with Gasteiger partial charge in [-0.05, 0) is 60.7 Å². The number of rotatable bonds is 0. The molecule has 86 valence electrons. The summed E-state index contributed by atoms with van der Waals surface area (Å²) in [7, 11) is 0. The molecule has 0 aromatic rings. The summed E-state index contributed by atoms with van der Waals surface area (Å²) in [4.78, 5) is 0. The minimum Gasteiger partial charge on any atom is -0.0599 e. The van der Waals surface area contributed by atoms with Crippen LogP contribution < -0.4 is 0 Å². The van der Waals surface area contributed by atoms with Crippen LogP contribution in [0.15, 0.2) is 0 Å². The van der Waals surface area contributed by atoms with Crippen molar-refractivity contribution in [1.82, 2.24) is 0 Å². The second kappa shape index (κ2) is 2.81. The van der Waals surface area contributed by atoms with Crippen LogP contribution in [-0.4, -0.2) is 0 Å². The molecule has 3 unspecified atom stereocenters. The van der Waals surface area contributed by atoms with Gasteiger partial charge >= 0.3 is 0 Å². The van der Waals surface area contributed by atoms with Gasteiger partial charge in [0.05, 0.1) is 0 Å². The Morgan fingerprint density at radius 2 is 1.60 bits per heavy atom. The summed E-state index contributed by atoms with van der Waals surface area (Å²) < 4.78 is 0. The third-order valence-electron chi connectivity index (χ3n) is 6.07. The molecule has 3 rings (SSSR count). The van der Waals surface area contributed by atoms with Crippen molar-refractivity contribution in [2.24, 2.45) is 22.2 Å². The van der Waals surface area contributed by atoms with Crippen molar-refractivity contribution in [2.75, 3.05) is 0 Å². The van der Waals surface area contributed by atoms with Crippen LogP contribution in [0.4, 0.5) is 0 Å². The smallest absolute Gasteiger partial charge is 0.0232 e. The van der Waals surface area contributed by atoms with Gasteiger partial charge in [-0.25, -0.2) is 0 Å². The minimum absolute atomic E-state index is 0.556. The summed E-state index contributed by atoms with van der Waals surface area (Å²) in [5, 5.41) is 0. The monoisotopic (exact) mass is 206 g/mol. The van der Waals surface area contributed by atoms with Crippen LogP contribution in [0.3, 0.4) is 0 Å². The van der Waals surface area contributed by atoms with Crippen molar-refractivity contribution in [3.8, 4) is 0 Å². The summed E-state index contributed by atoms with van der Waals surface area (Å²) in [6, 6.07) is 0. The van der Waals surface area contributed by atoms with Gasteiger partial charge in [0.1, 0.15) is 0 Å². The Morgan fingerprint density at radius 3 is 2.27 bits per heavy atom. The van der Waals surface area contributed by atoms with Gasteiger partial charge in [-0.15, -0.1) is 0 Å². The first-order valence-electron chi connectivity index (χ1n) is 6.98. The summed E-state index contributed by atoms with van der Waals surface area (Å²) in [6.07, 6.45) is 12.5. The third kappa shape index (κ3) is 1.33. The first-order valence-corrected chi connectivity index (χ1v) is 6.98. The molecule has 3 fully saturated rings. The normalized spacial score (nSPS) is 49.4. The highest BCUT2D eigenvalue weighted by Gasteiger charge is 2.69. The van der Waals surface area contributed by atoms with E-state index in [4.69, 9.17) is 0 Å². The van der Waals surface area contributed by atoms with E-state index in [1.807, 2.05) is 0 Å². The average molecular weight is 206 g/mol. The van der Waals surface area contributed by atoms with Crippen molar-refractivity contribution in [2.45, 2.75) is 72.1 Å². The lowest BCUT2D eigenvalue weighted by Crippen LogP contribution is -2.33. The highest BCUT2D eigenvalue weighted by molar-refractivity contribution is 5.18. The topological polar surface area (TPSA) is 0 Å². The van der Waals surface area contributed by atoms with Gasteiger partial charge in [0.2, 0.25) is 0 Å². The number of hydrogen-bond donors (Lipinski definition) is 0.